The third-order valence-corrected chi connectivity index (χ3v) is 5.35. The topological polar surface area (TPSA) is 87.1 Å². The van der Waals surface area contributed by atoms with Crippen LogP contribution in [0.25, 0.3) is 22.4 Å². The number of hydrogen-bond donors (Lipinski definition) is 2. The van der Waals surface area contributed by atoms with Gasteiger partial charge in [0.2, 0.25) is 5.95 Å². The standard InChI is InChI=1S/C22H26N6O/c1-14(2)20-13-28(9-8-24-20)22-25-12-19(26-27-22)18-5-4-16(11-21(18)29)17-6-7-23-15(3)10-17/h4-7,10-12,14,20,24,29H,8-9,13H2,1-3H3. The van der Waals surface area contributed by atoms with E-state index in [2.05, 4.69) is 44.2 Å². The molecule has 0 radical (unpaired) electrons. The monoisotopic (exact) mass is 390 g/mol. The van der Waals surface area contributed by atoms with Crippen LogP contribution in [0.1, 0.15) is 19.5 Å². The predicted molar refractivity (Wildman–Crippen MR) is 114 cm³/mol. The lowest BCUT2D eigenvalue weighted by atomic mass is 10.0. The fourth-order valence-corrected chi connectivity index (χ4v) is 3.60. The Hall–Kier alpha value is -3.06. The maximum absolute atomic E-state index is 10.6. The predicted octanol–water partition coefficient (Wildman–Crippen LogP) is 3.05. The summed E-state index contributed by atoms with van der Waals surface area (Å²) < 4.78 is 0. The normalized spacial score (nSPS) is 17.0. The van der Waals surface area contributed by atoms with E-state index < -0.39 is 0 Å². The number of nitrogens with zero attached hydrogens (tertiary/aromatic N) is 5. The van der Waals surface area contributed by atoms with Crippen LogP contribution < -0.4 is 10.2 Å². The molecule has 1 unspecified atom stereocenters. The van der Waals surface area contributed by atoms with Crippen LogP contribution >= 0.6 is 0 Å². The highest BCUT2D eigenvalue weighted by atomic mass is 16.3. The van der Waals surface area contributed by atoms with Crippen molar-refractivity contribution in [3.63, 3.8) is 0 Å². The van der Waals surface area contributed by atoms with Crippen LogP contribution in [-0.4, -0.2) is 50.9 Å². The van der Waals surface area contributed by atoms with Crippen molar-refractivity contribution in [1.29, 1.82) is 0 Å². The molecule has 0 aliphatic carbocycles. The zero-order valence-electron chi connectivity index (χ0n) is 17.0. The molecule has 1 aliphatic heterocycles. The lowest BCUT2D eigenvalue weighted by molar-refractivity contribution is 0.365. The molecule has 1 aliphatic rings. The summed E-state index contributed by atoms with van der Waals surface area (Å²) in [5, 5.41) is 22.7. The third kappa shape index (κ3) is 4.19. The molecule has 29 heavy (non-hydrogen) atoms. The fourth-order valence-electron chi connectivity index (χ4n) is 3.60. The van der Waals surface area contributed by atoms with E-state index in [1.54, 1.807) is 18.5 Å². The number of nitrogens with one attached hydrogen (secondary N) is 1. The van der Waals surface area contributed by atoms with Gasteiger partial charge in [0.1, 0.15) is 11.4 Å². The summed E-state index contributed by atoms with van der Waals surface area (Å²) in [6.07, 6.45) is 3.45. The zero-order valence-corrected chi connectivity index (χ0v) is 17.0. The maximum atomic E-state index is 10.6. The van der Waals surface area contributed by atoms with Crippen molar-refractivity contribution in [2.45, 2.75) is 26.8 Å². The molecule has 0 amide bonds. The van der Waals surface area contributed by atoms with Gasteiger partial charge in [-0.25, -0.2) is 4.98 Å². The summed E-state index contributed by atoms with van der Waals surface area (Å²) in [4.78, 5) is 10.9. The van der Waals surface area contributed by atoms with Gasteiger partial charge in [-0.05, 0) is 48.2 Å². The van der Waals surface area contributed by atoms with Gasteiger partial charge in [0, 0.05) is 43.1 Å². The van der Waals surface area contributed by atoms with Crippen LogP contribution in [-0.2, 0) is 0 Å². The molecule has 3 heterocycles. The van der Waals surface area contributed by atoms with Gasteiger partial charge in [-0.1, -0.05) is 19.9 Å². The zero-order chi connectivity index (χ0) is 20.4. The summed E-state index contributed by atoms with van der Waals surface area (Å²) in [5.41, 5.74) is 4.04. The van der Waals surface area contributed by atoms with Gasteiger partial charge in [-0.3, -0.25) is 4.98 Å². The van der Waals surface area contributed by atoms with E-state index in [1.165, 1.54) is 0 Å². The van der Waals surface area contributed by atoms with Crippen LogP contribution in [0, 0.1) is 12.8 Å². The van der Waals surface area contributed by atoms with Crippen LogP contribution in [0.15, 0.2) is 42.7 Å². The first-order valence-electron chi connectivity index (χ1n) is 9.96. The molecule has 1 saturated heterocycles. The molecule has 0 bridgehead atoms. The number of piperazine rings is 1. The molecule has 0 spiro atoms. The second-order valence-electron chi connectivity index (χ2n) is 7.81. The second kappa shape index (κ2) is 8.13. The molecule has 150 valence electrons. The first kappa shape index (κ1) is 19.3. The molecule has 7 heteroatoms. The fraction of sp³-hybridized carbons (Fsp3) is 0.364. The number of phenolic OH excluding ortho intramolecular Hbond substituents is 1. The van der Waals surface area contributed by atoms with Crippen molar-refractivity contribution in [2.24, 2.45) is 5.92 Å². The van der Waals surface area contributed by atoms with E-state index in [-0.39, 0.29) is 5.75 Å². The second-order valence-corrected chi connectivity index (χ2v) is 7.81. The lowest BCUT2D eigenvalue weighted by Crippen LogP contribution is -2.53. The average Bonchev–Trinajstić information content (AvgIpc) is 2.74. The average molecular weight is 390 g/mol. The first-order valence-corrected chi connectivity index (χ1v) is 9.96. The van der Waals surface area contributed by atoms with Crippen LogP contribution in [0.4, 0.5) is 5.95 Å². The lowest BCUT2D eigenvalue weighted by Gasteiger charge is -2.35. The molecule has 3 aromatic rings. The number of hydrogen-bond acceptors (Lipinski definition) is 7. The largest absolute Gasteiger partial charge is 0.507 e. The quantitative estimate of drug-likeness (QED) is 0.708. The van der Waals surface area contributed by atoms with Crippen molar-refractivity contribution in [3.8, 4) is 28.1 Å². The van der Waals surface area contributed by atoms with Gasteiger partial charge in [0.25, 0.3) is 0 Å². The summed E-state index contributed by atoms with van der Waals surface area (Å²) in [5.74, 6) is 1.33. The molecule has 1 aromatic carbocycles. The molecule has 0 saturated carbocycles. The highest BCUT2D eigenvalue weighted by Crippen LogP contribution is 2.32. The number of benzene rings is 1. The summed E-state index contributed by atoms with van der Waals surface area (Å²) in [7, 11) is 0. The summed E-state index contributed by atoms with van der Waals surface area (Å²) >= 11 is 0. The highest BCUT2D eigenvalue weighted by Gasteiger charge is 2.23. The maximum Gasteiger partial charge on any atom is 0.245 e. The van der Waals surface area contributed by atoms with E-state index in [9.17, 15) is 5.11 Å². The van der Waals surface area contributed by atoms with Crippen molar-refractivity contribution in [1.82, 2.24) is 25.5 Å². The van der Waals surface area contributed by atoms with Crippen LogP contribution in [0.3, 0.4) is 0 Å². The Bertz CT molecular complexity index is 989. The SMILES string of the molecule is Cc1cc(-c2ccc(-c3cnc(N4CCNC(C(C)C)C4)nn3)c(O)c2)ccn1. The number of pyridine rings is 1. The number of aryl methyl sites for hydroxylation is 1. The van der Waals surface area contributed by atoms with Crippen molar-refractivity contribution < 1.29 is 5.11 Å². The van der Waals surface area contributed by atoms with E-state index in [0.717, 1.165) is 36.5 Å². The summed E-state index contributed by atoms with van der Waals surface area (Å²) in [6, 6.07) is 9.88. The molecule has 1 atom stereocenters. The Kier molecular flexibility index (Phi) is 5.40. The summed E-state index contributed by atoms with van der Waals surface area (Å²) in [6.45, 7) is 9.00. The van der Waals surface area contributed by atoms with E-state index >= 15 is 0 Å². The Morgan fingerprint density at radius 2 is 1.93 bits per heavy atom. The van der Waals surface area contributed by atoms with Crippen molar-refractivity contribution >= 4 is 5.95 Å². The third-order valence-electron chi connectivity index (χ3n) is 5.35. The minimum Gasteiger partial charge on any atom is -0.507 e. The van der Waals surface area contributed by atoms with E-state index in [4.69, 9.17) is 0 Å². The van der Waals surface area contributed by atoms with Crippen LogP contribution in [0.5, 0.6) is 5.75 Å². The number of anilines is 1. The highest BCUT2D eigenvalue weighted by molar-refractivity contribution is 5.74. The van der Waals surface area contributed by atoms with Gasteiger partial charge >= 0.3 is 0 Å². The van der Waals surface area contributed by atoms with Crippen molar-refractivity contribution in [3.05, 3.63) is 48.4 Å². The van der Waals surface area contributed by atoms with Crippen molar-refractivity contribution in [2.75, 3.05) is 24.5 Å². The Morgan fingerprint density at radius 1 is 1.10 bits per heavy atom. The molecular weight excluding hydrogens is 364 g/mol. The van der Waals surface area contributed by atoms with E-state index in [0.29, 0.717) is 29.2 Å². The minimum atomic E-state index is 0.155. The van der Waals surface area contributed by atoms with Crippen LogP contribution in [0.2, 0.25) is 0 Å². The molecule has 1 fully saturated rings. The van der Waals surface area contributed by atoms with Gasteiger partial charge in [-0.15, -0.1) is 10.2 Å². The number of phenols is 1. The van der Waals surface area contributed by atoms with Gasteiger partial charge in [0.15, 0.2) is 0 Å². The van der Waals surface area contributed by atoms with E-state index in [1.807, 2.05) is 31.2 Å². The van der Waals surface area contributed by atoms with Gasteiger partial charge in [0.05, 0.1) is 6.20 Å². The number of aromatic hydroxyl groups is 1. The number of rotatable bonds is 4. The Morgan fingerprint density at radius 3 is 2.62 bits per heavy atom. The smallest absolute Gasteiger partial charge is 0.245 e. The molecule has 2 N–H and O–H groups in total. The molecule has 7 nitrogen and oxygen atoms in total. The molecule has 4 rings (SSSR count). The van der Waals surface area contributed by atoms with Gasteiger partial charge < -0.3 is 15.3 Å². The number of aromatic nitrogens is 4. The molecular formula is C22H26N6O. The first-order chi connectivity index (χ1) is 14.0. The Labute approximate surface area is 170 Å². The minimum absolute atomic E-state index is 0.155. The molecule has 2 aromatic heterocycles. The van der Waals surface area contributed by atoms with Gasteiger partial charge in [-0.2, -0.15) is 0 Å². The Balaban J connectivity index is 1.55.